The Bertz CT molecular complexity index is 211. The van der Waals surface area contributed by atoms with Crippen LogP contribution in [-0.4, -0.2) is 5.54 Å². The molecule has 0 saturated heterocycles. The highest BCUT2D eigenvalue weighted by atomic mass is 14.8. The fourth-order valence-corrected chi connectivity index (χ4v) is 3.68. The van der Waals surface area contributed by atoms with Crippen molar-refractivity contribution < 1.29 is 0 Å². The molecule has 0 bridgehead atoms. The quantitative estimate of drug-likeness (QED) is 0.762. The molecular formula is C15H31N. The Kier molecular flexibility index (Phi) is 4.85. The Labute approximate surface area is 102 Å². The Morgan fingerprint density at radius 2 is 1.88 bits per heavy atom. The first kappa shape index (κ1) is 14.0. The van der Waals surface area contributed by atoms with Crippen LogP contribution in [0.25, 0.3) is 0 Å². The molecule has 1 saturated carbocycles. The largest absolute Gasteiger partial charge is 0.325 e. The Balaban J connectivity index is 2.75. The Morgan fingerprint density at radius 1 is 1.25 bits per heavy atom. The minimum absolute atomic E-state index is 0.112. The second kappa shape index (κ2) is 5.53. The van der Waals surface area contributed by atoms with Gasteiger partial charge in [-0.2, -0.15) is 0 Å². The van der Waals surface area contributed by atoms with Crippen LogP contribution in [-0.2, 0) is 0 Å². The van der Waals surface area contributed by atoms with E-state index in [1.807, 2.05) is 0 Å². The highest BCUT2D eigenvalue weighted by Gasteiger charge is 2.41. The van der Waals surface area contributed by atoms with E-state index < -0.39 is 0 Å². The molecule has 4 atom stereocenters. The van der Waals surface area contributed by atoms with Crippen LogP contribution in [0.2, 0.25) is 0 Å². The van der Waals surface area contributed by atoms with Gasteiger partial charge in [0.1, 0.15) is 0 Å². The Hall–Kier alpha value is -0.0400. The Morgan fingerprint density at radius 3 is 2.38 bits per heavy atom. The van der Waals surface area contributed by atoms with Crippen molar-refractivity contribution in [2.24, 2.45) is 29.4 Å². The van der Waals surface area contributed by atoms with Crippen molar-refractivity contribution in [1.29, 1.82) is 0 Å². The summed E-state index contributed by atoms with van der Waals surface area (Å²) in [4.78, 5) is 0. The molecule has 1 nitrogen and oxygen atoms in total. The summed E-state index contributed by atoms with van der Waals surface area (Å²) in [5, 5.41) is 0. The fraction of sp³-hybridized carbons (Fsp3) is 1.00. The molecule has 0 aliphatic heterocycles. The van der Waals surface area contributed by atoms with E-state index in [-0.39, 0.29) is 5.54 Å². The van der Waals surface area contributed by atoms with Gasteiger partial charge in [-0.3, -0.25) is 0 Å². The maximum Gasteiger partial charge on any atom is 0.0190 e. The summed E-state index contributed by atoms with van der Waals surface area (Å²) in [5.74, 6) is 3.07. The number of hydrogen-bond donors (Lipinski definition) is 1. The normalized spacial score (nSPS) is 37.7. The van der Waals surface area contributed by atoms with Crippen LogP contribution in [0, 0.1) is 23.7 Å². The molecule has 0 heterocycles. The van der Waals surface area contributed by atoms with Crippen LogP contribution >= 0.6 is 0 Å². The van der Waals surface area contributed by atoms with E-state index in [2.05, 4.69) is 34.6 Å². The van der Waals surface area contributed by atoms with E-state index in [1.54, 1.807) is 0 Å². The number of rotatable bonds is 4. The van der Waals surface area contributed by atoms with Gasteiger partial charge >= 0.3 is 0 Å². The minimum atomic E-state index is 0.112. The topological polar surface area (TPSA) is 26.0 Å². The van der Waals surface area contributed by atoms with Gasteiger partial charge in [-0.1, -0.05) is 47.5 Å². The van der Waals surface area contributed by atoms with Crippen molar-refractivity contribution in [1.82, 2.24) is 0 Å². The van der Waals surface area contributed by atoms with E-state index in [1.165, 1.54) is 32.1 Å². The molecule has 4 unspecified atom stereocenters. The lowest BCUT2D eigenvalue weighted by Crippen LogP contribution is -2.53. The van der Waals surface area contributed by atoms with Gasteiger partial charge in [-0.05, 0) is 42.9 Å². The van der Waals surface area contributed by atoms with Gasteiger partial charge in [0.15, 0.2) is 0 Å². The highest BCUT2D eigenvalue weighted by molar-refractivity contribution is 4.98. The molecule has 16 heavy (non-hydrogen) atoms. The van der Waals surface area contributed by atoms with Crippen molar-refractivity contribution in [3.05, 3.63) is 0 Å². The molecule has 0 radical (unpaired) electrons. The van der Waals surface area contributed by atoms with E-state index in [9.17, 15) is 0 Å². The molecule has 1 fully saturated rings. The number of hydrogen-bond acceptors (Lipinski definition) is 1. The first-order chi connectivity index (χ1) is 7.39. The monoisotopic (exact) mass is 225 g/mol. The average Bonchev–Trinajstić information content (AvgIpc) is 2.15. The van der Waals surface area contributed by atoms with Crippen LogP contribution < -0.4 is 5.73 Å². The third kappa shape index (κ3) is 3.23. The SMILES string of the molecule is CCC(C)CC1(N)CC(C)CCC1C(C)C. The predicted octanol–water partition coefficient (Wildman–Crippen LogP) is 4.21. The lowest BCUT2D eigenvalue weighted by Gasteiger charge is -2.47. The molecule has 0 spiro atoms. The molecular weight excluding hydrogens is 194 g/mol. The maximum absolute atomic E-state index is 6.77. The van der Waals surface area contributed by atoms with Crippen molar-refractivity contribution in [3.63, 3.8) is 0 Å². The van der Waals surface area contributed by atoms with Crippen LogP contribution in [0.1, 0.15) is 66.7 Å². The first-order valence-corrected chi connectivity index (χ1v) is 7.18. The molecule has 0 amide bonds. The molecule has 1 heteroatoms. The molecule has 1 aliphatic rings. The van der Waals surface area contributed by atoms with Gasteiger partial charge in [-0.25, -0.2) is 0 Å². The van der Waals surface area contributed by atoms with Crippen LogP contribution in [0.15, 0.2) is 0 Å². The van der Waals surface area contributed by atoms with Crippen LogP contribution in [0.4, 0.5) is 0 Å². The molecule has 96 valence electrons. The van der Waals surface area contributed by atoms with Gasteiger partial charge in [0.2, 0.25) is 0 Å². The van der Waals surface area contributed by atoms with Gasteiger partial charge in [-0.15, -0.1) is 0 Å². The summed E-state index contributed by atoms with van der Waals surface area (Å²) in [5.41, 5.74) is 6.88. The minimum Gasteiger partial charge on any atom is -0.325 e. The zero-order valence-corrected chi connectivity index (χ0v) is 11.9. The summed E-state index contributed by atoms with van der Waals surface area (Å²) in [7, 11) is 0. The summed E-state index contributed by atoms with van der Waals surface area (Å²) in [6.07, 6.45) is 6.43. The predicted molar refractivity (Wildman–Crippen MR) is 72.3 cm³/mol. The highest BCUT2D eigenvalue weighted by Crippen LogP contribution is 2.42. The second-order valence-electron chi connectivity index (χ2n) is 6.69. The van der Waals surface area contributed by atoms with Crippen LogP contribution in [0.3, 0.4) is 0 Å². The van der Waals surface area contributed by atoms with Crippen molar-refractivity contribution in [3.8, 4) is 0 Å². The van der Waals surface area contributed by atoms with E-state index >= 15 is 0 Å². The smallest absolute Gasteiger partial charge is 0.0190 e. The standard InChI is InChI=1S/C15H31N/c1-6-12(4)9-15(16)10-13(5)7-8-14(15)11(2)3/h11-14H,6-10,16H2,1-5H3. The summed E-state index contributed by atoms with van der Waals surface area (Å²) >= 11 is 0. The molecule has 2 N–H and O–H groups in total. The van der Waals surface area contributed by atoms with E-state index in [0.717, 1.165) is 23.7 Å². The third-order valence-electron chi connectivity index (χ3n) is 4.67. The second-order valence-corrected chi connectivity index (χ2v) is 6.69. The summed E-state index contributed by atoms with van der Waals surface area (Å²) < 4.78 is 0. The molecule has 0 aromatic rings. The summed E-state index contributed by atoms with van der Waals surface area (Å²) in [6, 6.07) is 0. The van der Waals surface area contributed by atoms with Crippen molar-refractivity contribution in [2.75, 3.05) is 0 Å². The van der Waals surface area contributed by atoms with Gasteiger partial charge < -0.3 is 5.73 Å². The lowest BCUT2D eigenvalue weighted by atomic mass is 9.62. The maximum atomic E-state index is 6.77. The first-order valence-electron chi connectivity index (χ1n) is 7.18. The molecule has 0 aromatic heterocycles. The molecule has 1 rings (SSSR count). The van der Waals surface area contributed by atoms with Gasteiger partial charge in [0.25, 0.3) is 0 Å². The van der Waals surface area contributed by atoms with Crippen molar-refractivity contribution >= 4 is 0 Å². The third-order valence-corrected chi connectivity index (χ3v) is 4.67. The zero-order chi connectivity index (χ0) is 12.3. The summed E-state index contributed by atoms with van der Waals surface area (Å²) in [6.45, 7) is 11.7. The fourth-order valence-electron chi connectivity index (χ4n) is 3.68. The van der Waals surface area contributed by atoms with Gasteiger partial charge in [0.05, 0.1) is 0 Å². The molecule has 0 aromatic carbocycles. The van der Waals surface area contributed by atoms with Gasteiger partial charge in [0, 0.05) is 5.54 Å². The average molecular weight is 225 g/mol. The van der Waals surface area contributed by atoms with E-state index in [4.69, 9.17) is 5.73 Å². The number of nitrogens with two attached hydrogens (primary N) is 1. The molecule has 1 aliphatic carbocycles. The van der Waals surface area contributed by atoms with Crippen LogP contribution in [0.5, 0.6) is 0 Å². The van der Waals surface area contributed by atoms with Crippen molar-refractivity contribution in [2.45, 2.75) is 72.3 Å². The lowest BCUT2D eigenvalue weighted by molar-refractivity contribution is 0.0875. The zero-order valence-electron chi connectivity index (χ0n) is 11.9. The van der Waals surface area contributed by atoms with E-state index in [0.29, 0.717) is 0 Å².